The first-order valence-corrected chi connectivity index (χ1v) is 16.0. The molecule has 10 heteroatoms. The molecule has 2 amide bonds. The highest BCUT2D eigenvalue weighted by Gasteiger charge is 2.47. The molecular formula is C31H58N6O4. The molecule has 0 aromatic rings. The van der Waals surface area contributed by atoms with Crippen molar-refractivity contribution in [3.05, 3.63) is 0 Å². The van der Waals surface area contributed by atoms with E-state index in [-0.39, 0.29) is 17.8 Å². The summed E-state index contributed by atoms with van der Waals surface area (Å²) in [5, 5.41) is 6.85. The third kappa shape index (κ3) is 8.27. The molecule has 6 atom stereocenters. The average molecular weight is 579 g/mol. The second-order valence-electron chi connectivity index (χ2n) is 15.4. The van der Waals surface area contributed by atoms with Crippen LogP contribution in [0.5, 0.6) is 0 Å². The Morgan fingerprint density at radius 3 is 1.39 bits per heavy atom. The molecule has 0 aliphatic carbocycles. The number of rotatable bonds is 2. The molecule has 236 valence electrons. The number of carbonyl (C=O) groups excluding carboxylic acids is 2. The van der Waals surface area contributed by atoms with Gasteiger partial charge in [0.15, 0.2) is 0 Å². The van der Waals surface area contributed by atoms with Crippen LogP contribution in [-0.2, 0) is 9.47 Å². The number of nitrogens with one attached hydrogen (secondary N) is 2. The maximum absolute atomic E-state index is 12.0. The number of fused-ring (bicyclic) bond motifs is 6. The SMILES string of the molecule is CC(C)(C)OC(=O)N1C[C@@H]2C[C@H]1CN2.CC(C)N1C[C@@H]2C[C@H]1CN2.CC(C)N1C[C@@H]2C[C@H]1CN2C(=O)OC(C)(C)C. The molecule has 0 saturated carbocycles. The number of hydrogen-bond donors (Lipinski definition) is 2. The van der Waals surface area contributed by atoms with E-state index < -0.39 is 5.60 Å². The van der Waals surface area contributed by atoms with Crippen LogP contribution >= 0.6 is 0 Å². The standard InChI is InChI=1S/C13H24N2O2.C10H18N2O2.C8H16N2/c1-9(2)14-7-11-6-10(14)8-15(11)12(16)17-13(3,4)5;1-10(2,3)14-9(13)12-6-7-4-8(12)5-11-7;1-6(2)10-5-7-3-8(10)4-9-7/h9-11H,6-8H2,1-5H3;7-8,11H,4-6H2,1-3H3;6-9H,3-5H2,1-2H3/t10-,11-;2*7-,8-/m000/s1. The summed E-state index contributed by atoms with van der Waals surface area (Å²) >= 11 is 0. The van der Waals surface area contributed by atoms with E-state index in [4.69, 9.17) is 9.47 Å². The van der Waals surface area contributed by atoms with Crippen molar-refractivity contribution in [2.24, 2.45) is 0 Å². The first kappa shape index (κ1) is 32.3. The number of ether oxygens (including phenoxy) is 2. The summed E-state index contributed by atoms with van der Waals surface area (Å²) in [6, 6.07) is 4.73. The Morgan fingerprint density at radius 2 is 1.07 bits per heavy atom. The Morgan fingerprint density at radius 1 is 0.610 bits per heavy atom. The summed E-state index contributed by atoms with van der Waals surface area (Å²) < 4.78 is 10.8. The molecule has 6 rings (SSSR count). The first-order chi connectivity index (χ1) is 19.0. The predicted octanol–water partition coefficient (Wildman–Crippen LogP) is 3.50. The Bertz CT molecular complexity index is 915. The van der Waals surface area contributed by atoms with Gasteiger partial charge in [0.1, 0.15) is 11.2 Å². The highest BCUT2D eigenvalue weighted by Crippen LogP contribution is 2.33. The quantitative estimate of drug-likeness (QED) is 0.515. The maximum Gasteiger partial charge on any atom is 0.410 e. The fourth-order valence-corrected chi connectivity index (χ4v) is 7.20. The minimum Gasteiger partial charge on any atom is -0.444 e. The summed E-state index contributed by atoms with van der Waals surface area (Å²) in [4.78, 5) is 32.6. The van der Waals surface area contributed by atoms with E-state index in [1.54, 1.807) is 0 Å². The minimum absolute atomic E-state index is 0.145. The minimum atomic E-state index is -0.392. The third-order valence-electron chi connectivity index (χ3n) is 9.02. The number of piperazine rings is 3. The van der Waals surface area contributed by atoms with Gasteiger partial charge in [-0.25, -0.2) is 9.59 Å². The van der Waals surface area contributed by atoms with Gasteiger partial charge in [0.05, 0.1) is 0 Å². The normalized spacial score (nSPS) is 32.4. The summed E-state index contributed by atoms with van der Waals surface area (Å²) in [6.07, 6.45) is 3.27. The van der Waals surface area contributed by atoms with Gasteiger partial charge in [0.2, 0.25) is 0 Å². The van der Waals surface area contributed by atoms with E-state index in [0.717, 1.165) is 57.1 Å². The fourth-order valence-electron chi connectivity index (χ4n) is 7.20. The zero-order valence-electron chi connectivity index (χ0n) is 27.4. The van der Waals surface area contributed by atoms with E-state index in [2.05, 4.69) is 48.1 Å². The van der Waals surface area contributed by atoms with Crippen LogP contribution in [0.1, 0.15) is 88.5 Å². The topological polar surface area (TPSA) is 89.6 Å². The zero-order chi connectivity index (χ0) is 30.3. The second kappa shape index (κ2) is 12.5. The number of amides is 2. The lowest BCUT2D eigenvalue weighted by Gasteiger charge is -2.37. The van der Waals surface area contributed by atoms with E-state index in [9.17, 15) is 9.59 Å². The first-order valence-electron chi connectivity index (χ1n) is 16.0. The van der Waals surface area contributed by atoms with Gasteiger partial charge in [-0.3, -0.25) is 9.80 Å². The van der Waals surface area contributed by atoms with Crippen molar-refractivity contribution in [2.75, 3.05) is 39.3 Å². The van der Waals surface area contributed by atoms with Crippen molar-refractivity contribution in [2.45, 2.75) is 148 Å². The molecule has 0 spiro atoms. The Kier molecular flexibility index (Phi) is 9.88. The largest absolute Gasteiger partial charge is 0.444 e. The lowest BCUT2D eigenvalue weighted by molar-refractivity contribution is 0.0103. The average Bonchev–Trinajstić information content (AvgIpc) is 3.69. The third-order valence-corrected chi connectivity index (χ3v) is 9.02. The van der Waals surface area contributed by atoms with E-state index in [1.165, 1.54) is 19.5 Å². The van der Waals surface area contributed by atoms with Crippen LogP contribution in [0, 0.1) is 0 Å². The van der Waals surface area contributed by atoms with Crippen LogP contribution in [-0.4, -0.2) is 131 Å². The van der Waals surface area contributed by atoms with Crippen molar-refractivity contribution >= 4 is 12.2 Å². The van der Waals surface area contributed by atoms with Gasteiger partial charge in [-0.2, -0.15) is 0 Å². The van der Waals surface area contributed by atoms with Crippen molar-refractivity contribution in [3.8, 4) is 0 Å². The molecule has 0 unspecified atom stereocenters. The molecule has 6 bridgehead atoms. The zero-order valence-corrected chi connectivity index (χ0v) is 27.4. The lowest BCUT2D eigenvalue weighted by atomic mass is 10.2. The molecular weight excluding hydrogens is 520 g/mol. The van der Waals surface area contributed by atoms with Crippen molar-refractivity contribution in [1.82, 2.24) is 30.2 Å². The van der Waals surface area contributed by atoms with Crippen molar-refractivity contribution in [1.29, 1.82) is 0 Å². The second-order valence-corrected chi connectivity index (χ2v) is 15.4. The molecule has 6 aliphatic rings. The molecule has 10 nitrogen and oxygen atoms in total. The van der Waals surface area contributed by atoms with Crippen LogP contribution < -0.4 is 10.6 Å². The van der Waals surface area contributed by atoms with Crippen molar-refractivity contribution < 1.29 is 19.1 Å². The molecule has 6 fully saturated rings. The van der Waals surface area contributed by atoms with Gasteiger partial charge in [0.25, 0.3) is 0 Å². The molecule has 41 heavy (non-hydrogen) atoms. The smallest absolute Gasteiger partial charge is 0.410 e. The molecule has 6 heterocycles. The molecule has 0 radical (unpaired) electrons. The fraction of sp³-hybridized carbons (Fsp3) is 0.935. The van der Waals surface area contributed by atoms with E-state index >= 15 is 0 Å². The van der Waals surface area contributed by atoms with Gasteiger partial charge in [-0.1, -0.05) is 0 Å². The molecule has 2 N–H and O–H groups in total. The van der Waals surface area contributed by atoms with Crippen LogP contribution in [0.15, 0.2) is 0 Å². The predicted molar refractivity (Wildman–Crippen MR) is 162 cm³/mol. The number of hydrogen-bond acceptors (Lipinski definition) is 8. The summed E-state index contributed by atoms with van der Waals surface area (Å²) in [6.45, 7) is 26.5. The van der Waals surface area contributed by atoms with Gasteiger partial charge < -0.3 is 29.9 Å². The number of carbonyl (C=O) groups is 2. The number of nitrogens with zero attached hydrogens (tertiary/aromatic N) is 4. The Hall–Kier alpha value is -1.62. The highest BCUT2D eigenvalue weighted by molar-refractivity contribution is 5.70. The van der Waals surface area contributed by atoms with Crippen LogP contribution in [0.25, 0.3) is 0 Å². The van der Waals surface area contributed by atoms with E-state index in [0.29, 0.717) is 30.2 Å². The van der Waals surface area contributed by atoms with Crippen LogP contribution in [0.2, 0.25) is 0 Å². The highest BCUT2D eigenvalue weighted by atomic mass is 16.6. The molecule has 6 saturated heterocycles. The summed E-state index contributed by atoms with van der Waals surface area (Å²) in [5.74, 6) is 0. The lowest BCUT2D eigenvalue weighted by Crippen LogP contribution is -2.51. The van der Waals surface area contributed by atoms with E-state index in [1.807, 2.05) is 51.3 Å². The monoisotopic (exact) mass is 578 g/mol. The van der Waals surface area contributed by atoms with Crippen molar-refractivity contribution in [3.63, 3.8) is 0 Å². The summed E-state index contributed by atoms with van der Waals surface area (Å²) in [5.41, 5.74) is -0.775. The Labute approximate surface area is 248 Å². The van der Waals surface area contributed by atoms with Crippen LogP contribution in [0.4, 0.5) is 9.59 Å². The van der Waals surface area contributed by atoms with Gasteiger partial charge in [-0.15, -0.1) is 0 Å². The van der Waals surface area contributed by atoms with Gasteiger partial charge in [-0.05, 0) is 88.5 Å². The number of likely N-dealkylation sites (tertiary alicyclic amines) is 4. The summed E-state index contributed by atoms with van der Waals surface area (Å²) in [7, 11) is 0. The van der Waals surface area contributed by atoms with Crippen LogP contribution in [0.3, 0.4) is 0 Å². The molecule has 6 aliphatic heterocycles. The maximum atomic E-state index is 12.0. The van der Waals surface area contributed by atoms with Gasteiger partial charge >= 0.3 is 12.2 Å². The molecule has 0 aromatic carbocycles. The molecule has 0 aromatic heterocycles. The Balaban J connectivity index is 0.000000146. The van der Waals surface area contributed by atoms with Gasteiger partial charge in [0, 0.05) is 87.6 Å².